The first-order valence-corrected chi connectivity index (χ1v) is 14.4. The molecule has 0 saturated carbocycles. The summed E-state index contributed by atoms with van der Waals surface area (Å²) in [6.07, 6.45) is 0. The molecule has 4 heterocycles. The standard InChI is InChI=1S/C26H18ClN3O5S3/c27-13-3-7-15(8-4-13)30-23(33)20-19(17-2-1-11-36-17)22-25(37-21(20)24(30)34)29(26(35)38-22)12-18(32)28-14-5-9-16(31)10-6-14/h1-11,19-21,31H,12H2,(H,28,32)/t19-,20?,21?/m1/s1. The fourth-order valence-electron chi connectivity index (χ4n) is 4.76. The number of amides is 3. The molecule has 6 rings (SSSR count). The Labute approximate surface area is 233 Å². The lowest BCUT2D eigenvalue weighted by molar-refractivity contribution is -0.122. The Morgan fingerprint density at radius 1 is 1.00 bits per heavy atom. The van der Waals surface area contributed by atoms with E-state index >= 15 is 0 Å². The van der Waals surface area contributed by atoms with Gasteiger partial charge in [0.1, 0.15) is 17.5 Å². The van der Waals surface area contributed by atoms with Crippen LogP contribution in [0.4, 0.5) is 11.4 Å². The summed E-state index contributed by atoms with van der Waals surface area (Å²) in [7, 11) is 0. The van der Waals surface area contributed by atoms with E-state index in [1.165, 1.54) is 44.7 Å². The number of hydrogen-bond donors (Lipinski definition) is 2. The number of phenols is 1. The van der Waals surface area contributed by atoms with Crippen LogP contribution in [-0.4, -0.2) is 32.6 Å². The molecule has 8 nitrogen and oxygen atoms in total. The maximum atomic E-state index is 13.7. The molecule has 0 radical (unpaired) electrons. The van der Waals surface area contributed by atoms with Crippen molar-refractivity contribution >= 4 is 75.1 Å². The molecule has 2 N–H and O–H groups in total. The van der Waals surface area contributed by atoms with E-state index in [9.17, 15) is 24.3 Å². The molecule has 4 aromatic rings. The van der Waals surface area contributed by atoms with Gasteiger partial charge in [0.2, 0.25) is 17.7 Å². The van der Waals surface area contributed by atoms with E-state index in [-0.39, 0.29) is 29.0 Å². The van der Waals surface area contributed by atoms with Crippen LogP contribution in [0.25, 0.3) is 0 Å². The summed E-state index contributed by atoms with van der Waals surface area (Å²) < 4.78 is 1.37. The minimum atomic E-state index is -0.752. The van der Waals surface area contributed by atoms with Gasteiger partial charge in [-0.05, 0) is 60.0 Å². The molecule has 0 spiro atoms. The Balaban J connectivity index is 1.38. The van der Waals surface area contributed by atoms with Crippen LogP contribution in [0.2, 0.25) is 5.02 Å². The molecule has 2 aliphatic rings. The average molecular weight is 584 g/mol. The molecule has 2 aliphatic heterocycles. The number of aromatic nitrogens is 1. The molecule has 2 aromatic carbocycles. The highest BCUT2D eigenvalue weighted by Gasteiger charge is 2.57. The van der Waals surface area contributed by atoms with Crippen LogP contribution in [0.5, 0.6) is 5.75 Å². The summed E-state index contributed by atoms with van der Waals surface area (Å²) in [4.78, 5) is 55.8. The first-order valence-electron chi connectivity index (χ1n) is 11.5. The van der Waals surface area contributed by atoms with Crippen molar-refractivity contribution < 1.29 is 19.5 Å². The van der Waals surface area contributed by atoms with Gasteiger partial charge < -0.3 is 10.4 Å². The Kier molecular flexibility index (Phi) is 6.39. The molecule has 3 amide bonds. The summed E-state index contributed by atoms with van der Waals surface area (Å²) in [5.41, 5.74) is 0.919. The zero-order chi connectivity index (χ0) is 26.6. The monoisotopic (exact) mass is 583 g/mol. The van der Waals surface area contributed by atoms with Crippen molar-refractivity contribution in [3.8, 4) is 5.75 Å². The van der Waals surface area contributed by atoms with Crippen LogP contribution < -0.4 is 15.1 Å². The van der Waals surface area contributed by atoms with E-state index in [1.54, 1.807) is 36.4 Å². The van der Waals surface area contributed by atoms with Crippen molar-refractivity contribution in [2.24, 2.45) is 5.92 Å². The fraction of sp³-hybridized carbons (Fsp3) is 0.154. The van der Waals surface area contributed by atoms with Crippen molar-refractivity contribution in [1.29, 1.82) is 0 Å². The SMILES string of the molecule is O=C(Cn1c2c(sc1=O)[C@H](c1cccs1)C1C(=O)N(c3ccc(Cl)cc3)C(=O)C1S2)Nc1ccc(O)cc1. The first-order chi connectivity index (χ1) is 18.3. The molecule has 0 aliphatic carbocycles. The van der Waals surface area contributed by atoms with Gasteiger partial charge in [0.05, 0.1) is 16.6 Å². The minimum absolute atomic E-state index is 0.0696. The highest BCUT2D eigenvalue weighted by molar-refractivity contribution is 8.00. The minimum Gasteiger partial charge on any atom is -0.508 e. The number of rotatable bonds is 5. The van der Waals surface area contributed by atoms with Gasteiger partial charge in [-0.1, -0.05) is 40.8 Å². The zero-order valence-electron chi connectivity index (χ0n) is 19.4. The number of carbonyl (C=O) groups excluding carboxylic acids is 3. The third kappa shape index (κ3) is 4.25. The number of thiophene rings is 1. The van der Waals surface area contributed by atoms with Gasteiger partial charge in [0.25, 0.3) is 0 Å². The van der Waals surface area contributed by atoms with Crippen LogP contribution >= 0.6 is 46.0 Å². The molecular formula is C26H18ClN3O5S3. The van der Waals surface area contributed by atoms with Gasteiger partial charge in [-0.2, -0.15) is 0 Å². The van der Waals surface area contributed by atoms with Crippen molar-refractivity contribution in [2.45, 2.75) is 22.7 Å². The predicted octanol–water partition coefficient (Wildman–Crippen LogP) is 4.76. The number of imide groups is 1. The normalized spacial score (nSPS) is 20.3. The Morgan fingerprint density at radius 3 is 2.42 bits per heavy atom. The maximum absolute atomic E-state index is 13.7. The summed E-state index contributed by atoms with van der Waals surface area (Å²) in [5, 5.41) is 14.4. The molecule has 0 bridgehead atoms. The molecular weight excluding hydrogens is 566 g/mol. The van der Waals surface area contributed by atoms with Crippen LogP contribution in [0.3, 0.4) is 0 Å². The smallest absolute Gasteiger partial charge is 0.308 e. The number of aromatic hydroxyl groups is 1. The topological polar surface area (TPSA) is 109 Å². The largest absolute Gasteiger partial charge is 0.508 e. The molecule has 1 fully saturated rings. The van der Waals surface area contributed by atoms with E-state index in [4.69, 9.17) is 11.6 Å². The van der Waals surface area contributed by atoms with Crippen LogP contribution in [0.15, 0.2) is 75.9 Å². The van der Waals surface area contributed by atoms with Crippen molar-refractivity contribution in [1.82, 2.24) is 4.57 Å². The van der Waals surface area contributed by atoms with Gasteiger partial charge in [-0.15, -0.1) is 11.3 Å². The van der Waals surface area contributed by atoms with Crippen LogP contribution in [-0.2, 0) is 20.9 Å². The number of benzene rings is 2. The maximum Gasteiger partial charge on any atom is 0.308 e. The van der Waals surface area contributed by atoms with E-state index in [0.29, 0.717) is 26.3 Å². The Hall–Kier alpha value is -3.38. The number of thiazole rings is 1. The second-order valence-corrected chi connectivity index (χ2v) is 12.3. The summed E-state index contributed by atoms with van der Waals surface area (Å²) in [6.45, 7) is -0.254. The van der Waals surface area contributed by atoms with E-state index in [2.05, 4.69) is 5.32 Å². The van der Waals surface area contributed by atoms with Crippen molar-refractivity contribution in [2.75, 3.05) is 10.2 Å². The second kappa shape index (κ2) is 9.73. The van der Waals surface area contributed by atoms with Gasteiger partial charge in [0.15, 0.2) is 0 Å². The summed E-state index contributed by atoms with van der Waals surface area (Å²) >= 11 is 9.65. The zero-order valence-corrected chi connectivity index (χ0v) is 22.6. The average Bonchev–Trinajstić information content (AvgIpc) is 3.59. The Bertz CT molecular complexity index is 1610. The van der Waals surface area contributed by atoms with Crippen molar-refractivity contribution in [3.63, 3.8) is 0 Å². The number of nitrogens with one attached hydrogen (secondary N) is 1. The molecule has 2 aromatic heterocycles. The van der Waals surface area contributed by atoms with Crippen LogP contribution in [0, 0.1) is 5.92 Å². The van der Waals surface area contributed by atoms with Crippen LogP contribution in [0.1, 0.15) is 15.7 Å². The number of phenolic OH excluding ortho intramolecular Hbond substituents is 1. The van der Waals surface area contributed by atoms with E-state index in [0.717, 1.165) is 16.2 Å². The number of nitrogens with zero attached hydrogens (tertiary/aromatic N) is 2. The lowest BCUT2D eigenvalue weighted by Gasteiger charge is -2.29. The third-order valence-corrected chi connectivity index (χ3v) is 10.2. The lowest BCUT2D eigenvalue weighted by Crippen LogP contribution is -2.32. The van der Waals surface area contributed by atoms with Gasteiger partial charge >= 0.3 is 4.87 Å². The van der Waals surface area contributed by atoms with Gasteiger partial charge in [-0.25, -0.2) is 4.90 Å². The molecule has 2 unspecified atom stereocenters. The molecule has 1 saturated heterocycles. The quantitative estimate of drug-likeness (QED) is 0.259. The second-order valence-electron chi connectivity index (χ2n) is 8.76. The number of halogens is 1. The fourth-order valence-corrected chi connectivity index (χ4v) is 8.61. The Morgan fingerprint density at radius 2 is 1.74 bits per heavy atom. The number of hydrogen-bond acceptors (Lipinski definition) is 8. The van der Waals surface area contributed by atoms with Gasteiger partial charge in [0, 0.05) is 26.4 Å². The third-order valence-electron chi connectivity index (χ3n) is 6.44. The number of carbonyl (C=O) groups is 3. The summed E-state index contributed by atoms with van der Waals surface area (Å²) in [6, 6.07) is 16.3. The molecule has 192 valence electrons. The first kappa shape index (κ1) is 24.9. The number of thioether (sulfide) groups is 1. The highest BCUT2D eigenvalue weighted by Crippen LogP contribution is 2.54. The van der Waals surface area contributed by atoms with E-state index < -0.39 is 23.0 Å². The van der Waals surface area contributed by atoms with Gasteiger partial charge in [-0.3, -0.25) is 23.7 Å². The summed E-state index contributed by atoms with van der Waals surface area (Å²) in [5.74, 6) is -2.21. The highest BCUT2D eigenvalue weighted by atomic mass is 35.5. The van der Waals surface area contributed by atoms with E-state index in [1.807, 2.05) is 17.5 Å². The number of fused-ring (bicyclic) bond motifs is 2. The lowest BCUT2D eigenvalue weighted by atomic mass is 9.87. The predicted molar refractivity (Wildman–Crippen MR) is 149 cm³/mol. The molecule has 3 atom stereocenters. The number of anilines is 2. The van der Waals surface area contributed by atoms with Crippen molar-refractivity contribution in [3.05, 3.63) is 90.5 Å². The molecule has 12 heteroatoms. The molecule has 38 heavy (non-hydrogen) atoms.